The SMILES string of the molecule is C1CCC2NC(CNCC3(C4CC4)CC3)CCC2C1. The Kier molecular flexibility index (Phi) is 3.35. The van der Waals surface area contributed by atoms with E-state index in [9.17, 15) is 0 Å². The molecule has 0 bridgehead atoms. The first-order valence-electron chi connectivity index (χ1n) is 8.82. The number of hydrogen-bond acceptors (Lipinski definition) is 2. The van der Waals surface area contributed by atoms with Crippen LogP contribution in [0, 0.1) is 17.3 Å². The summed E-state index contributed by atoms with van der Waals surface area (Å²) >= 11 is 0. The highest BCUT2D eigenvalue weighted by Gasteiger charge is 2.53. The van der Waals surface area contributed by atoms with E-state index < -0.39 is 0 Å². The van der Waals surface area contributed by atoms with Crippen molar-refractivity contribution >= 4 is 0 Å². The second kappa shape index (κ2) is 5.04. The van der Waals surface area contributed by atoms with Gasteiger partial charge in [-0.15, -0.1) is 0 Å². The second-order valence-corrected chi connectivity index (χ2v) is 7.86. The Bertz CT molecular complexity index is 319. The van der Waals surface area contributed by atoms with E-state index in [1.165, 1.54) is 77.3 Å². The van der Waals surface area contributed by atoms with Crippen LogP contribution in [-0.4, -0.2) is 25.2 Å². The molecular weight excluding hydrogens is 232 g/mol. The van der Waals surface area contributed by atoms with E-state index in [4.69, 9.17) is 0 Å². The molecule has 0 spiro atoms. The molecule has 1 saturated heterocycles. The average Bonchev–Trinajstić information content (AvgIpc) is 3.31. The molecule has 3 unspecified atom stereocenters. The number of hydrogen-bond donors (Lipinski definition) is 2. The molecule has 0 aromatic rings. The van der Waals surface area contributed by atoms with Gasteiger partial charge in [0.25, 0.3) is 0 Å². The predicted molar refractivity (Wildman–Crippen MR) is 79.2 cm³/mol. The Hall–Kier alpha value is -0.0800. The smallest absolute Gasteiger partial charge is 0.0195 e. The molecule has 3 atom stereocenters. The zero-order valence-electron chi connectivity index (χ0n) is 12.3. The van der Waals surface area contributed by atoms with Crippen LogP contribution in [0.2, 0.25) is 0 Å². The zero-order chi connectivity index (χ0) is 12.7. The summed E-state index contributed by atoms with van der Waals surface area (Å²) in [5, 5.41) is 7.76. The third-order valence-corrected chi connectivity index (χ3v) is 6.45. The van der Waals surface area contributed by atoms with Gasteiger partial charge in [0.05, 0.1) is 0 Å². The lowest BCUT2D eigenvalue weighted by molar-refractivity contribution is 0.173. The molecule has 4 rings (SSSR count). The van der Waals surface area contributed by atoms with Gasteiger partial charge in [-0.1, -0.05) is 12.8 Å². The van der Waals surface area contributed by atoms with Crippen molar-refractivity contribution in [1.29, 1.82) is 0 Å². The van der Waals surface area contributed by atoms with Gasteiger partial charge in [0, 0.05) is 25.2 Å². The average molecular weight is 262 g/mol. The lowest BCUT2D eigenvalue weighted by atomic mass is 9.78. The van der Waals surface area contributed by atoms with E-state index >= 15 is 0 Å². The molecule has 19 heavy (non-hydrogen) atoms. The van der Waals surface area contributed by atoms with Gasteiger partial charge in [-0.2, -0.15) is 0 Å². The summed E-state index contributed by atoms with van der Waals surface area (Å²) in [6.07, 6.45) is 14.8. The van der Waals surface area contributed by atoms with Crippen LogP contribution in [0.4, 0.5) is 0 Å². The summed E-state index contributed by atoms with van der Waals surface area (Å²) in [4.78, 5) is 0. The van der Waals surface area contributed by atoms with Crippen molar-refractivity contribution in [2.24, 2.45) is 17.3 Å². The summed E-state index contributed by atoms with van der Waals surface area (Å²) in [6.45, 7) is 2.53. The van der Waals surface area contributed by atoms with Crippen LogP contribution in [0.5, 0.6) is 0 Å². The van der Waals surface area contributed by atoms with Crippen LogP contribution in [0.1, 0.15) is 64.2 Å². The third-order valence-electron chi connectivity index (χ3n) is 6.45. The molecule has 108 valence electrons. The molecular formula is C17H30N2. The molecule has 2 nitrogen and oxygen atoms in total. The normalized spacial score (nSPS) is 40.7. The number of piperidine rings is 1. The summed E-state index contributed by atoms with van der Waals surface area (Å²) in [7, 11) is 0. The summed E-state index contributed by atoms with van der Waals surface area (Å²) in [5.74, 6) is 2.10. The number of fused-ring (bicyclic) bond motifs is 1. The first-order chi connectivity index (χ1) is 9.36. The molecule has 3 saturated carbocycles. The van der Waals surface area contributed by atoms with Crippen molar-refractivity contribution in [3.63, 3.8) is 0 Å². The van der Waals surface area contributed by atoms with Crippen LogP contribution in [0.25, 0.3) is 0 Å². The highest BCUT2D eigenvalue weighted by atomic mass is 15.0. The molecule has 2 heteroatoms. The maximum atomic E-state index is 3.94. The fourth-order valence-corrected chi connectivity index (χ4v) is 4.82. The molecule has 1 heterocycles. The Morgan fingerprint density at radius 3 is 2.58 bits per heavy atom. The maximum Gasteiger partial charge on any atom is 0.0195 e. The van der Waals surface area contributed by atoms with Gasteiger partial charge < -0.3 is 10.6 Å². The van der Waals surface area contributed by atoms with Gasteiger partial charge in [0.2, 0.25) is 0 Å². The molecule has 0 aromatic heterocycles. The predicted octanol–water partition coefficient (Wildman–Crippen LogP) is 3.08. The van der Waals surface area contributed by atoms with Crippen LogP contribution in [0.15, 0.2) is 0 Å². The second-order valence-electron chi connectivity index (χ2n) is 7.86. The topological polar surface area (TPSA) is 24.1 Å². The minimum absolute atomic E-state index is 0.759. The fourth-order valence-electron chi connectivity index (χ4n) is 4.82. The van der Waals surface area contributed by atoms with Crippen molar-refractivity contribution < 1.29 is 0 Å². The fraction of sp³-hybridized carbons (Fsp3) is 1.00. The van der Waals surface area contributed by atoms with Gasteiger partial charge >= 0.3 is 0 Å². The highest BCUT2D eigenvalue weighted by molar-refractivity contribution is 5.05. The van der Waals surface area contributed by atoms with Gasteiger partial charge in [-0.3, -0.25) is 0 Å². The lowest BCUT2D eigenvalue weighted by Crippen LogP contribution is -2.52. The van der Waals surface area contributed by atoms with Crippen LogP contribution in [-0.2, 0) is 0 Å². The first-order valence-corrected chi connectivity index (χ1v) is 8.82. The third kappa shape index (κ3) is 2.71. The molecule has 0 radical (unpaired) electrons. The molecule has 4 fully saturated rings. The van der Waals surface area contributed by atoms with E-state index in [0.717, 1.165) is 29.3 Å². The van der Waals surface area contributed by atoms with E-state index in [1.54, 1.807) is 0 Å². The summed E-state index contributed by atoms with van der Waals surface area (Å²) < 4.78 is 0. The highest BCUT2D eigenvalue weighted by Crippen LogP contribution is 2.60. The van der Waals surface area contributed by atoms with Gasteiger partial charge in [-0.05, 0) is 68.6 Å². The van der Waals surface area contributed by atoms with Crippen LogP contribution < -0.4 is 10.6 Å². The van der Waals surface area contributed by atoms with Gasteiger partial charge in [-0.25, -0.2) is 0 Å². The van der Waals surface area contributed by atoms with Crippen molar-refractivity contribution in [3.8, 4) is 0 Å². The maximum absolute atomic E-state index is 3.94. The van der Waals surface area contributed by atoms with E-state index in [2.05, 4.69) is 10.6 Å². The monoisotopic (exact) mass is 262 g/mol. The van der Waals surface area contributed by atoms with Gasteiger partial charge in [0.1, 0.15) is 0 Å². The molecule has 2 N–H and O–H groups in total. The minimum atomic E-state index is 0.759. The summed E-state index contributed by atoms with van der Waals surface area (Å²) in [5.41, 5.74) is 0.766. The zero-order valence-corrected chi connectivity index (χ0v) is 12.3. The van der Waals surface area contributed by atoms with E-state index in [-0.39, 0.29) is 0 Å². The van der Waals surface area contributed by atoms with Crippen molar-refractivity contribution in [1.82, 2.24) is 10.6 Å². The van der Waals surface area contributed by atoms with Crippen molar-refractivity contribution in [3.05, 3.63) is 0 Å². The molecule has 0 amide bonds. The number of rotatable bonds is 5. The van der Waals surface area contributed by atoms with Gasteiger partial charge in [0.15, 0.2) is 0 Å². The molecule has 4 aliphatic rings. The van der Waals surface area contributed by atoms with E-state index in [0.29, 0.717) is 0 Å². The van der Waals surface area contributed by atoms with E-state index in [1.807, 2.05) is 0 Å². The Labute approximate surface area is 118 Å². The minimum Gasteiger partial charge on any atom is -0.315 e. The molecule has 1 aliphatic heterocycles. The number of nitrogens with one attached hydrogen (secondary N) is 2. The quantitative estimate of drug-likeness (QED) is 0.795. The Morgan fingerprint density at radius 2 is 1.79 bits per heavy atom. The Balaban J connectivity index is 1.21. The summed E-state index contributed by atoms with van der Waals surface area (Å²) in [6, 6.07) is 1.61. The van der Waals surface area contributed by atoms with Crippen LogP contribution in [0.3, 0.4) is 0 Å². The van der Waals surface area contributed by atoms with Crippen LogP contribution >= 0.6 is 0 Å². The molecule has 3 aliphatic carbocycles. The Morgan fingerprint density at radius 1 is 0.947 bits per heavy atom. The largest absolute Gasteiger partial charge is 0.315 e. The van der Waals surface area contributed by atoms with Crippen molar-refractivity contribution in [2.75, 3.05) is 13.1 Å². The van der Waals surface area contributed by atoms with Crippen molar-refractivity contribution in [2.45, 2.75) is 76.3 Å². The molecule has 0 aromatic carbocycles. The first kappa shape index (κ1) is 12.6. The lowest BCUT2D eigenvalue weighted by Gasteiger charge is -2.40. The standard InChI is InChI=1S/C17H30N2/c1-2-4-16-13(3-1)5-8-15(19-16)11-18-12-17(9-10-17)14-6-7-14/h13-16,18-19H,1-12H2.